The number of hydrogen-bond acceptors (Lipinski definition) is 4. The third kappa shape index (κ3) is 2.58. The van der Waals surface area contributed by atoms with Crippen LogP contribution in [0.3, 0.4) is 0 Å². The maximum atomic E-state index is 10.2. The van der Waals surface area contributed by atoms with Gasteiger partial charge in [-0.15, -0.1) is 0 Å². The van der Waals surface area contributed by atoms with E-state index in [9.17, 15) is 5.11 Å². The third-order valence-electron chi connectivity index (χ3n) is 4.47. The molecule has 0 spiro atoms. The summed E-state index contributed by atoms with van der Waals surface area (Å²) in [6.07, 6.45) is 5.91. The van der Waals surface area contributed by atoms with Gasteiger partial charge in [0.05, 0.1) is 0 Å². The number of hydrogen-bond donors (Lipinski definition) is 3. The van der Waals surface area contributed by atoms with Gasteiger partial charge >= 0.3 is 0 Å². The van der Waals surface area contributed by atoms with Gasteiger partial charge in [-0.1, -0.05) is 54.6 Å². The average Bonchev–Trinajstić information content (AvgIpc) is 2.92. The quantitative estimate of drug-likeness (QED) is 0.646. The molecule has 1 unspecified atom stereocenters. The van der Waals surface area contributed by atoms with Crippen LogP contribution in [-0.2, 0) is 0 Å². The van der Waals surface area contributed by atoms with Gasteiger partial charge in [0.2, 0.25) is 5.88 Å². The number of nitrogen functional groups attached to an aromatic ring is 2. The lowest BCUT2D eigenvalue weighted by atomic mass is 9.81. The van der Waals surface area contributed by atoms with Crippen molar-refractivity contribution in [2.75, 3.05) is 11.5 Å². The van der Waals surface area contributed by atoms with Gasteiger partial charge in [0, 0.05) is 17.0 Å². The normalized spacial score (nSPS) is 17.6. The summed E-state index contributed by atoms with van der Waals surface area (Å²) in [5.74, 6) is 1.07. The lowest BCUT2D eigenvalue weighted by Crippen LogP contribution is -2.05. The molecule has 4 rings (SSSR count). The highest BCUT2D eigenvalue weighted by Gasteiger charge is 2.28. The first kappa shape index (κ1) is 15.1. The van der Waals surface area contributed by atoms with E-state index < -0.39 is 0 Å². The molecule has 4 nitrogen and oxygen atoms in total. The average molecular weight is 330 g/mol. The fourth-order valence-corrected chi connectivity index (χ4v) is 3.23. The van der Waals surface area contributed by atoms with E-state index in [1.807, 2.05) is 42.5 Å². The number of benzene rings is 2. The van der Waals surface area contributed by atoms with Crippen molar-refractivity contribution < 1.29 is 9.52 Å². The van der Waals surface area contributed by atoms with E-state index in [2.05, 4.69) is 18.2 Å². The van der Waals surface area contributed by atoms with Crippen LogP contribution in [0, 0.1) is 0 Å². The van der Waals surface area contributed by atoms with E-state index in [4.69, 9.17) is 15.9 Å². The van der Waals surface area contributed by atoms with Crippen molar-refractivity contribution in [2.45, 2.75) is 5.92 Å². The highest BCUT2D eigenvalue weighted by Crippen LogP contribution is 2.46. The highest BCUT2D eigenvalue weighted by atomic mass is 16.4. The molecule has 0 radical (unpaired) electrons. The number of allylic oxidation sites excluding steroid dienone is 2. The van der Waals surface area contributed by atoms with Gasteiger partial charge in [0.15, 0.2) is 0 Å². The second-order valence-electron chi connectivity index (χ2n) is 6.03. The Bertz CT molecular complexity index is 984. The number of nitrogens with two attached hydrogens (primary N) is 2. The molecular formula is C21H18N2O2. The predicted molar refractivity (Wildman–Crippen MR) is 102 cm³/mol. The number of rotatable bonds is 2. The summed E-state index contributed by atoms with van der Waals surface area (Å²) in [6, 6.07) is 17.3. The van der Waals surface area contributed by atoms with Crippen LogP contribution in [0.25, 0.3) is 17.7 Å². The number of phenolic OH excluding ortho intramolecular Hbond substituents is 1. The molecule has 124 valence electrons. The van der Waals surface area contributed by atoms with Crippen LogP contribution in [0.1, 0.15) is 28.4 Å². The van der Waals surface area contributed by atoms with Crippen molar-refractivity contribution in [3.8, 4) is 5.75 Å². The molecule has 5 N–H and O–H groups in total. The van der Waals surface area contributed by atoms with Gasteiger partial charge in [0.25, 0.3) is 0 Å². The second kappa shape index (κ2) is 5.91. The fourth-order valence-electron chi connectivity index (χ4n) is 3.23. The molecule has 0 amide bonds. The molecule has 4 heteroatoms. The summed E-state index contributed by atoms with van der Waals surface area (Å²) in [7, 11) is 0. The number of para-hydroxylation sites is 1. The zero-order chi connectivity index (χ0) is 17.4. The van der Waals surface area contributed by atoms with Gasteiger partial charge in [-0.05, 0) is 29.4 Å². The first-order chi connectivity index (χ1) is 12.1. The van der Waals surface area contributed by atoms with Crippen molar-refractivity contribution in [1.29, 1.82) is 0 Å². The minimum atomic E-state index is -0.00685. The first-order valence-corrected chi connectivity index (χ1v) is 8.06. The van der Waals surface area contributed by atoms with E-state index in [1.165, 1.54) is 0 Å². The lowest BCUT2D eigenvalue weighted by Gasteiger charge is -2.22. The zero-order valence-electron chi connectivity index (χ0n) is 13.5. The molecule has 0 saturated carbocycles. The van der Waals surface area contributed by atoms with E-state index in [0.717, 1.165) is 22.3 Å². The number of phenols is 1. The molecule has 3 aromatic rings. The zero-order valence-corrected chi connectivity index (χ0v) is 13.5. The summed E-state index contributed by atoms with van der Waals surface area (Å²) in [5, 5.41) is 10.2. The Morgan fingerprint density at radius 1 is 0.960 bits per heavy atom. The van der Waals surface area contributed by atoms with Crippen molar-refractivity contribution >= 4 is 29.3 Å². The maximum Gasteiger partial charge on any atom is 0.214 e. The molecule has 1 aliphatic carbocycles. The van der Waals surface area contributed by atoms with Crippen molar-refractivity contribution in [3.63, 3.8) is 0 Å². The Morgan fingerprint density at radius 2 is 1.68 bits per heavy atom. The van der Waals surface area contributed by atoms with Gasteiger partial charge in [0.1, 0.15) is 17.2 Å². The van der Waals surface area contributed by atoms with Crippen molar-refractivity contribution in [3.05, 3.63) is 83.1 Å². The molecule has 1 heterocycles. The largest absolute Gasteiger partial charge is 0.507 e. The first-order valence-electron chi connectivity index (χ1n) is 8.06. The lowest BCUT2D eigenvalue weighted by molar-refractivity contribution is 0.474. The molecule has 0 bridgehead atoms. The van der Waals surface area contributed by atoms with Crippen LogP contribution in [0.2, 0.25) is 0 Å². The minimum absolute atomic E-state index is 0.00685. The van der Waals surface area contributed by atoms with Crippen molar-refractivity contribution in [2.24, 2.45) is 0 Å². The Morgan fingerprint density at radius 3 is 2.44 bits per heavy atom. The molecule has 2 aromatic carbocycles. The Balaban J connectivity index is 1.94. The van der Waals surface area contributed by atoms with Crippen LogP contribution < -0.4 is 11.5 Å². The van der Waals surface area contributed by atoms with Gasteiger partial charge in [-0.25, -0.2) is 0 Å². The molecule has 25 heavy (non-hydrogen) atoms. The van der Waals surface area contributed by atoms with Crippen LogP contribution in [0.5, 0.6) is 5.75 Å². The van der Waals surface area contributed by atoms with Gasteiger partial charge < -0.3 is 21.0 Å². The van der Waals surface area contributed by atoms with Gasteiger partial charge in [-0.3, -0.25) is 0 Å². The Hall–Kier alpha value is -3.40. The SMILES string of the molecule is Nc1oc2c(c1N)C(=Cc1ccccc1O)C(c1ccccc1)C=C2. The second-order valence-corrected chi connectivity index (χ2v) is 6.03. The molecule has 0 fully saturated rings. The van der Waals surface area contributed by atoms with E-state index in [-0.39, 0.29) is 17.6 Å². The predicted octanol–water partition coefficient (Wildman–Crippen LogP) is 4.50. The topological polar surface area (TPSA) is 85.4 Å². The fraction of sp³-hybridized carbons (Fsp3) is 0.0476. The molecule has 0 saturated heterocycles. The summed E-state index contributed by atoms with van der Waals surface area (Å²) in [4.78, 5) is 0. The van der Waals surface area contributed by atoms with Crippen LogP contribution in [0.4, 0.5) is 11.6 Å². The minimum Gasteiger partial charge on any atom is -0.507 e. The standard InChI is InChI=1S/C21H18N2O2/c22-20-19-16(12-14-8-4-5-9-17(14)24)15(13-6-2-1-3-7-13)10-11-18(19)25-21(20)23/h1-12,15,24H,22-23H2. The molecule has 1 aromatic heterocycles. The Kier molecular flexibility index (Phi) is 3.58. The Labute approximate surface area is 145 Å². The molecule has 1 atom stereocenters. The summed E-state index contributed by atoms with van der Waals surface area (Å²) >= 11 is 0. The van der Waals surface area contributed by atoms with Gasteiger partial charge in [-0.2, -0.15) is 0 Å². The van der Waals surface area contributed by atoms with E-state index in [1.54, 1.807) is 12.1 Å². The number of anilines is 2. The monoisotopic (exact) mass is 330 g/mol. The summed E-state index contributed by atoms with van der Waals surface area (Å²) in [5.41, 5.74) is 16.1. The number of aromatic hydroxyl groups is 1. The van der Waals surface area contributed by atoms with Crippen LogP contribution in [-0.4, -0.2) is 5.11 Å². The smallest absolute Gasteiger partial charge is 0.214 e. The molecule has 0 aliphatic heterocycles. The summed E-state index contributed by atoms with van der Waals surface area (Å²) in [6.45, 7) is 0. The highest BCUT2D eigenvalue weighted by molar-refractivity contribution is 5.98. The van der Waals surface area contributed by atoms with Crippen LogP contribution in [0.15, 0.2) is 65.1 Å². The van der Waals surface area contributed by atoms with E-state index in [0.29, 0.717) is 11.4 Å². The van der Waals surface area contributed by atoms with Crippen LogP contribution >= 0.6 is 0 Å². The molecule has 1 aliphatic rings. The van der Waals surface area contributed by atoms with E-state index >= 15 is 0 Å². The number of furan rings is 1. The number of fused-ring (bicyclic) bond motifs is 1. The third-order valence-corrected chi connectivity index (χ3v) is 4.47. The molecular weight excluding hydrogens is 312 g/mol. The summed E-state index contributed by atoms with van der Waals surface area (Å²) < 4.78 is 5.58. The van der Waals surface area contributed by atoms with Crippen molar-refractivity contribution in [1.82, 2.24) is 0 Å². The maximum absolute atomic E-state index is 10.2.